The average Bonchev–Trinajstić information content (AvgIpc) is 3.20. The Morgan fingerprint density at radius 1 is 1.31 bits per heavy atom. The van der Waals surface area contributed by atoms with Gasteiger partial charge in [-0.05, 0) is 72.0 Å². The van der Waals surface area contributed by atoms with Crippen molar-refractivity contribution in [1.82, 2.24) is 0 Å². The molecule has 1 aromatic heterocycles. The van der Waals surface area contributed by atoms with Gasteiger partial charge in [0.1, 0.15) is 5.82 Å². The Hall–Kier alpha value is -2.49. The van der Waals surface area contributed by atoms with Crippen LogP contribution in [0.1, 0.15) is 41.3 Å². The molecule has 150 valence electrons. The molecule has 0 atom stereocenters. The van der Waals surface area contributed by atoms with Crippen molar-refractivity contribution in [3.8, 4) is 6.07 Å². The minimum absolute atomic E-state index is 0.0454. The number of halogens is 1. The zero-order valence-corrected chi connectivity index (χ0v) is 17.9. The Bertz CT molecular complexity index is 1130. The normalized spacial score (nSPS) is 14.1. The van der Waals surface area contributed by atoms with Crippen LogP contribution in [0.15, 0.2) is 58.9 Å². The van der Waals surface area contributed by atoms with E-state index in [-0.39, 0.29) is 23.3 Å². The fourth-order valence-electron chi connectivity index (χ4n) is 3.40. The summed E-state index contributed by atoms with van der Waals surface area (Å²) < 4.78 is 40.5. The van der Waals surface area contributed by atoms with Gasteiger partial charge in [0.2, 0.25) is 0 Å². The van der Waals surface area contributed by atoms with Gasteiger partial charge in [-0.3, -0.25) is 0 Å². The maximum absolute atomic E-state index is 14.4. The number of thiophene rings is 1. The van der Waals surface area contributed by atoms with Crippen molar-refractivity contribution in [2.45, 2.75) is 32.6 Å². The van der Waals surface area contributed by atoms with Crippen LogP contribution in [0.3, 0.4) is 0 Å². The highest BCUT2D eigenvalue weighted by Crippen LogP contribution is 2.30. The first-order valence-electron chi connectivity index (χ1n) is 9.35. The predicted octanol–water partition coefficient (Wildman–Crippen LogP) is 5.60. The Labute approximate surface area is 175 Å². The van der Waals surface area contributed by atoms with Crippen molar-refractivity contribution < 1.29 is 12.8 Å². The highest BCUT2D eigenvalue weighted by Gasteiger charge is 2.24. The minimum atomic E-state index is -3.56. The molecule has 0 fully saturated rings. The van der Waals surface area contributed by atoms with Crippen LogP contribution in [0.5, 0.6) is 0 Å². The first-order valence-corrected chi connectivity index (χ1v) is 11.9. The van der Waals surface area contributed by atoms with E-state index in [4.69, 9.17) is 0 Å². The van der Waals surface area contributed by atoms with Gasteiger partial charge in [0.25, 0.3) is 0 Å². The molecular weight excluding hydrogens is 405 g/mol. The standard InChI is InChI=1S/C23H22FNO2S2/c1-16(2)21-13-17(22(24)14-19(21)15-25)9-11-29(26,27)23-8-4-3-6-18(23)12-20-7-5-10-28-20/h5-8,10,13-14H,1,3-4,9,11-12H2,2H3. The first kappa shape index (κ1) is 21.2. The van der Waals surface area contributed by atoms with E-state index in [2.05, 4.69) is 6.58 Å². The number of benzene rings is 1. The topological polar surface area (TPSA) is 57.9 Å². The molecular formula is C23H22FNO2S2. The van der Waals surface area contributed by atoms with E-state index in [0.717, 1.165) is 22.9 Å². The van der Waals surface area contributed by atoms with Crippen LogP contribution in [0.2, 0.25) is 0 Å². The quantitative estimate of drug-likeness (QED) is 0.578. The average molecular weight is 428 g/mol. The number of nitrogens with zero attached hydrogens (tertiary/aromatic N) is 1. The number of nitriles is 1. The van der Waals surface area contributed by atoms with E-state index < -0.39 is 15.7 Å². The summed E-state index contributed by atoms with van der Waals surface area (Å²) in [5.41, 5.74) is 2.50. The Kier molecular flexibility index (Phi) is 6.51. The third-order valence-electron chi connectivity index (χ3n) is 4.89. The van der Waals surface area contributed by atoms with E-state index in [0.29, 0.717) is 28.9 Å². The summed E-state index contributed by atoms with van der Waals surface area (Å²) in [6, 6.07) is 8.61. The molecule has 0 amide bonds. The lowest BCUT2D eigenvalue weighted by Gasteiger charge is -2.17. The van der Waals surface area contributed by atoms with Gasteiger partial charge in [-0.1, -0.05) is 24.8 Å². The molecule has 1 aliphatic rings. The maximum Gasteiger partial charge on any atom is 0.178 e. The van der Waals surface area contributed by atoms with Crippen LogP contribution in [0, 0.1) is 17.1 Å². The summed E-state index contributed by atoms with van der Waals surface area (Å²) in [7, 11) is -3.56. The zero-order valence-electron chi connectivity index (χ0n) is 16.2. The van der Waals surface area contributed by atoms with Crippen LogP contribution in [-0.4, -0.2) is 14.2 Å². The van der Waals surface area contributed by atoms with Gasteiger partial charge in [-0.15, -0.1) is 11.3 Å². The second kappa shape index (κ2) is 8.89. The summed E-state index contributed by atoms with van der Waals surface area (Å²) in [5.74, 6) is -0.743. The molecule has 0 radical (unpaired) electrons. The second-order valence-corrected chi connectivity index (χ2v) is 10.2. The lowest BCUT2D eigenvalue weighted by atomic mass is 9.98. The molecule has 3 rings (SSSR count). The summed E-state index contributed by atoms with van der Waals surface area (Å²) >= 11 is 1.60. The molecule has 1 aliphatic carbocycles. The number of allylic oxidation sites excluding steroid dienone is 4. The van der Waals surface area contributed by atoms with E-state index >= 15 is 0 Å². The molecule has 1 aromatic carbocycles. The van der Waals surface area contributed by atoms with Gasteiger partial charge in [0, 0.05) is 11.3 Å². The van der Waals surface area contributed by atoms with Gasteiger partial charge in [-0.2, -0.15) is 5.26 Å². The molecule has 1 heterocycles. The summed E-state index contributed by atoms with van der Waals surface area (Å²) in [6.07, 6.45) is 5.93. The van der Waals surface area contributed by atoms with Crippen molar-refractivity contribution in [2.75, 3.05) is 5.75 Å². The van der Waals surface area contributed by atoms with Crippen LogP contribution in [-0.2, 0) is 22.7 Å². The first-order chi connectivity index (χ1) is 13.8. The number of sulfone groups is 1. The fraction of sp³-hybridized carbons (Fsp3) is 0.261. The smallest absolute Gasteiger partial charge is 0.178 e. The molecule has 6 heteroatoms. The highest BCUT2D eigenvalue weighted by molar-refractivity contribution is 7.95. The molecule has 0 saturated carbocycles. The van der Waals surface area contributed by atoms with Crippen molar-refractivity contribution in [3.05, 3.63) is 86.2 Å². The molecule has 0 unspecified atom stereocenters. The number of rotatable bonds is 7. The summed E-state index contributed by atoms with van der Waals surface area (Å²) in [6.45, 7) is 5.56. The maximum atomic E-state index is 14.4. The fourth-order valence-corrected chi connectivity index (χ4v) is 5.76. The molecule has 0 aliphatic heterocycles. The molecule has 0 saturated heterocycles. The molecule has 29 heavy (non-hydrogen) atoms. The monoisotopic (exact) mass is 427 g/mol. The number of aryl methyl sites for hydroxylation is 1. The SMILES string of the molecule is C=C(C)c1cc(CCS(=O)(=O)C2=CCCC=C2Cc2cccs2)c(F)cc1C#N. The van der Waals surface area contributed by atoms with Crippen molar-refractivity contribution in [3.63, 3.8) is 0 Å². The Morgan fingerprint density at radius 2 is 2.07 bits per heavy atom. The number of hydrogen-bond acceptors (Lipinski definition) is 4. The van der Waals surface area contributed by atoms with Gasteiger partial charge in [0.05, 0.1) is 22.3 Å². The van der Waals surface area contributed by atoms with E-state index in [9.17, 15) is 18.1 Å². The lowest BCUT2D eigenvalue weighted by Crippen LogP contribution is -2.16. The van der Waals surface area contributed by atoms with Crippen molar-refractivity contribution in [2.24, 2.45) is 0 Å². The van der Waals surface area contributed by atoms with Gasteiger partial charge < -0.3 is 0 Å². The molecule has 0 spiro atoms. The van der Waals surface area contributed by atoms with Crippen LogP contribution >= 0.6 is 11.3 Å². The Balaban J connectivity index is 1.82. The highest BCUT2D eigenvalue weighted by atomic mass is 32.2. The molecule has 3 nitrogen and oxygen atoms in total. The van der Waals surface area contributed by atoms with Gasteiger partial charge >= 0.3 is 0 Å². The summed E-state index contributed by atoms with van der Waals surface area (Å²) in [4.78, 5) is 1.48. The van der Waals surface area contributed by atoms with Crippen molar-refractivity contribution >= 4 is 26.7 Å². The van der Waals surface area contributed by atoms with Crippen molar-refractivity contribution in [1.29, 1.82) is 5.26 Å². The molecule has 2 aromatic rings. The lowest BCUT2D eigenvalue weighted by molar-refractivity contribution is 0.596. The minimum Gasteiger partial charge on any atom is -0.224 e. The largest absolute Gasteiger partial charge is 0.224 e. The Morgan fingerprint density at radius 3 is 2.72 bits per heavy atom. The van der Waals surface area contributed by atoms with Gasteiger partial charge in [-0.25, -0.2) is 12.8 Å². The van der Waals surface area contributed by atoms with E-state index in [1.54, 1.807) is 30.4 Å². The van der Waals surface area contributed by atoms with Crippen LogP contribution in [0.25, 0.3) is 5.57 Å². The van der Waals surface area contributed by atoms with Crippen LogP contribution in [0.4, 0.5) is 4.39 Å². The van der Waals surface area contributed by atoms with Gasteiger partial charge in [0.15, 0.2) is 9.84 Å². The third kappa shape index (κ3) is 4.92. The molecule has 0 bridgehead atoms. The summed E-state index contributed by atoms with van der Waals surface area (Å²) in [5, 5.41) is 11.2. The van der Waals surface area contributed by atoms with E-state index in [1.165, 1.54) is 0 Å². The number of hydrogen-bond donors (Lipinski definition) is 0. The predicted molar refractivity (Wildman–Crippen MR) is 117 cm³/mol. The zero-order chi connectivity index (χ0) is 21.0. The van der Waals surface area contributed by atoms with E-state index in [1.807, 2.05) is 29.7 Å². The molecule has 0 N–H and O–H groups in total. The second-order valence-electron chi connectivity index (χ2n) is 7.08. The third-order valence-corrected chi connectivity index (χ3v) is 7.61. The van der Waals surface area contributed by atoms with Crippen LogP contribution < -0.4 is 0 Å².